The molecule has 2 aromatic rings. The maximum atomic E-state index is 12.9. The van der Waals surface area contributed by atoms with Crippen LogP contribution < -0.4 is 0 Å². The number of carbonyl (C=O) groups is 2. The van der Waals surface area contributed by atoms with Gasteiger partial charge in [0.1, 0.15) is 0 Å². The van der Waals surface area contributed by atoms with Crippen LogP contribution in [0.5, 0.6) is 0 Å². The van der Waals surface area contributed by atoms with E-state index in [0.717, 1.165) is 6.54 Å². The molecule has 0 fully saturated rings. The van der Waals surface area contributed by atoms with E-state index in [-0.39, 0.29) is 11.3 Å². The first-order valence-electron chi connectivity index (χ1n) is 8.37. The average Bonchev–Trinajstić information content (AvgIpc) is 3.24. The Morgan fingerprint density at radius 3 is 2.77 bits per heavy atom. The van der Waals surface area contributed by atoms with E-state index in [1.807, 2.05) is 19.0 Å². The van der Waals surface area contributed by atoms with Crippen molar-refractivity contribution in [2.75, 3.05) is 27.2 Å². The number of carbonyl (C=O) groups excluding carboxylic acids is 2. The summed E-state index contributed by atoms with van der Waals surface area (Å²) in [6.07, 6.45) is 5.32. The van der Waals surface area contributed by atoms with Crippen molar-refractivity contribution >= 4 is 11.7 Å². The molecule has 1 atom stereocenters. The van der Waals surface area contributed by atoms with Crippen LogP contribution in [0.1, 0.15) is 28.6 Å². The van der Waals surface area contributed by atoms with Crippen molar-refractivity contribution in [1.29, 1.82) is 0 Å². The third-order valence-electron chi connectivity index (χ3n) is 4.30. The Morgan fingerprint density at radius 2 is 2.15 bits per heavy atom. The van der Waals surface area contributed by atoms with Gasteiger partial charge in [-0.2, -0.15) is 0 Å². The van der Waals surface area contributed by atoms with Crippen LogP contribution >= 0.6 is 0 Å². The zero-order valence-corrected chi connectivity index (χ0v) is 14.8. The van der Waals surface area contributed by atoms with Crippen LogP contribution in [0.2, 0.25) is 0 Å². The summed E-state index contributed by atoms with van der Waals surface area (Å²) in [6, 6.07) is 5.95. The van der Waals surface area contributed by atoms with Crippen molar-refractivity contribution in [1.82, 2.24) is 14.8 Å². The fraction of sp³-hybridized carbons (Fsp3) is 0.316. The van der Waals surface area contributed by atoms with E-state index in [0.29, 0.717) is 18.5 Å². The van der Waals surface area contributed by atoms with Gasteiger partial charge in [-0.05, 0) is 50.8 Å². The van der Waals surface area contributed by atoms with Crippen LogP contribution in [0.25, 0.3) is 0 Å². The van der Waals surface area contributed by atoms with E-state index in [9.17, 15) is 14.7 Å². The van der Waals surface area contributed by atoms with Crippen LogP contribution in [-0.4, -0.2) is 58.8 Å². The molecule has 0 aromatic carbocycles. The van der Waals surface area contributed by atoms with Gasteiger partial charge in [0.15, 0.2) is 11.5 Å². The number of aromatic nitrogens is 1. The number of aliphatic hydroxyl groups excluding tert-OH is 1. The number of nitrogens with zero attached hydrogens (tertiary/aromatic N) is 3. The molecule has 7 heteroatoms. The highest BCUT2D eigenvalue weighted by Gasteiger charge is 2.44. The van der Waals surface area contributed by atoms with Gasteiger partial charge in [0, 0.05) is 18.9 Å². The Bertz CT molecular complexity index is 813. The Kier molecular flexibility index (Phi) is 5.18. The van der Waals surface area contributed by atoms with Crippen LogP contribution in [0, 0.1) is 0 Å². The Balaban J connectivity index is 1.97. The van der Waals surface area contributed by atoms with Crippen molar-refractivity contribution in [2.45, 2.75) is 12.5 Å². The first kappa shape index (κ1) is 17.9. The SMILES string of the molecule is CN(C)CCCN1C(=O)C(O)=C(C(=O)c2ccco2)[C@@H]1c1cccnc1. The molecular weight excluding hydrogens is 334 g/mol. The molecule has 1 aliphatic heterocycles. The maximum absolute atomic E-state index is 12.9. The molecule has 0 bridgehead atoms. The number of rotatable bonds is 7. The molecule has 1 amide bonds. The number of aliphatic hydroxyl groups is 1. The Labute approximate surface area is 151 Å². The van der Waals surface area contributed by atoms with Gasteiger partial charge in [-0.3, -0.25) is 14.6 Å². The summed E-state index contributed by atoms with van der Waals surface area (Å²) in [5.74, 6) is -1.48. The van der Waals surface area contributed by atoms with Gasteiger partial charge in [-0.15, -0.1) is 0 Å². The molecule has 7 nitrogen and oxygen atoms in total. The predicted molar refractivity (Wildman–Crippen MR) is 94.6 cm³/mol. The highest BCUT2D eigenvalue weighted by molar-refractivity contribution is 6.14. The lowest BCUT2D eigenvalue weighted by Gasteiger charge is -2.26. The molecule has 0 radical (unpaired) electrons. The molecule has 3 heterocycles. The van der Waals surface area contributed by atoms with Crippen molar-refractivity contribution in [3.63, 3.8) is 0 Å². The van der Waals surface area contributed by atoms with Gasteiger partial charge >= 0.3 is 0 Å². The van der Waals surface area contributed by atoms with E-state index in [2.05, 4.69) is 4.98 Å². The molecule has 3 rings (SSSR count). The molecule has 26 heavy (non-hydrogen) atoms. The predicted octanol–water partition coefficient (Wildman–Crippen LogP) is 2.20. The fourth-order valence-corrected chi connectivity index (χ4v) is 3.10. The molecule has 136 valence electrons. The minimum atomic E-state index is -0.684. The van der Waals surface area contributed by atoms with E-state index in [1.165, 1.54) is 17.2 Å². The maximum Gasteiger partial charge on any atom is 0.290 e. The third kappa shape index (κ3) is 3.39. The topological polar surface area (TPSA) is 86.9 Å². The van der Waals surface area contributed by atoms with E-state index in [1.54, 1.807) is 30.6 Å². The normalized spacial score (nSPS) is 17.4. The molecule has 1 N–H and O–H groups in total. The van der Waals surface area contributed by atoms with Gasteiger partial charge in [-0.25, -0.2) is 0 Å². The summed E-state index contributed by atoms with van der Waals surface area (Å²) >= 11 is 0. The van der Waals surface area contributed by atoms with Gasteiger partial charge < -0.3 is 19.3 Å². The molecule has 0 spiro atoms. The van der Waals surface area contributed by atoms with Crippen LogP contribution in [0.15, 0.2) is 58.7 Å². The molecule has 0 saturated heterocycles. The van der Waals surface area contributed by atoms with Crippen LogP contribution in [-0.2, 0) is 4.79 Å². The fourth-order valence-electron chi connectivity index (χ4n) is 3.10. The number of amides is 1. The van der Waals surface area contributed by atoms with E-state index < -0.39 is 23.5 Å². The molecule has 0 aliphatic carbocycles. The standard InChI is InChI=1S/C19H21N3O4/c1-21(2)9-5-10-22-16(13-6-3-8-20-12-13)15(18(24)19(22)25)17(23)14-7-4-11-26-14/h3-4,6-8,11-12,16,24H,5,9-10H2,1-2H3/t16-/m0/s1. The van der Waals surface area contributed by atoms with Gasteiger partial charge in [-0.1, -0.05) is 6.07 Å². The minimum Gasteiger partial charge on any atom is -0.503 e. The quantitative estimate of drug-likeness (QED) is 0.766. The summed E-state index contributed by atoms with van der Waals surface area (Å²) in [7, 11) is 3.90. The molecule has 1 aliphatic rings. The number of pyridine rings is 1. The number of Topliss-reactive ketones (excluding diaryl/α,β-unsaturated/α-hetero) is 1. The second-order valence-electron chi connectivity index (χ2n) is 6.41. The smallest absolute Gasteiger partial charge is 0.290 e. The van der Waals surface area contributed by atoms with Crippen molar-refractivity contribution in [3.05, 3.63) is 65.6 Å². The molecule has 0 saturated carbocycles. The second-order valence-corrected chi connectivity index (χ2v) is 6.41. The van der Waals surface area contributed by atoms with Crippen LogP contribution in [0.4, 0.5) is 0 Å². The Hall–Kier alpha value is -2.93. The van der Waals surface area contributed by atoms with E-state index >= 15 is 0 Å². The number of hydrogen-bond donors (Lipinski definition) is 1. The summed E-state index contributed by atoms with van der Waals surface area (Å²) in [6.45, 7) is 1.20. The summed E-state index contributed by atoms with van der Waals surface area (Å²) < 4.78 is 5.18. The van der Waals surface area contributed by atoms with Crippen molar-refractivity contribution in [2.24, 2.45) is 0 Å². The first-order valence-corrected chi connectivity index (χ1v) is 8.37. The molecule has 2 aromatic heterocycles. The highest BCUT2D eigenvalue weighted by Crippen LogP contribution is 2.38. The van der Waals surface area contributed by atoms with Crippen molar-refractivity contribution in [3.8, 4) is 0 Å². The first-order chi connectivity index (χ1) is 12.5. The lowest BCUT2D eigenvalue weighted by molar-refractivity contribution is -0.129. The largest absolute Gasteiger partial charge is 0.503 e. The van der Waals surface area contributed by atoms with Gasteiger partial charge in [0.2, 0.25) is 5.78 Å². The second kappa shape index (κ2) is 7.53. The van der Waals surface area contributed by atoms with Gasteiger partial charge in [0.25, 0.3) is 5.91 Å². The average molecular weight is 355 g/mol. The van der Waals surface area contributed by atoms with Crippen LogP contribution in [0.3, 0.4) is 0 Å². The minimum absolute atomic E-state index is 0.0304. The lowest BCUT2D eigenvalue weighted by Crippen LogP contribution is -2.33. The molecular formula is C19H21N3O4. The van der Waals surface area contributed by atoms with Gasteiger partial charge in [0.05, 0.1) is 17.9 Å². The number of hydrogen-bond acceptors (Lipinski definition) is 6. The highest BCUT2D eigenvalue weighted by atomic mass is 16.3. The summed E-state index contributed by atoms with van der Waals surface area (Å²) in [5.41, 5.74) is 0.701. The van der Waals surface area contributed by atoms with Crippen molar-refractivity contribution < 1.29 is 19.1 Å². The molecule has 0 unspecified atom stereocenters. The van der Waals surface area contributed by atoms with E-state index in [4.69, 9.17) is 4.42 Å². The Morgan fingerprint density at radius 1 is 1.35 bits per heavy atom. The zero-order chi connectivity index (χ0) is 18.7. The summed E-state index contributed by atoms with van der Waals surface area (Å²) in [4.78, 5) is 33.1. The third-order valence-corrected chi connectivity index (χ3v) is 4.30. The summed E-state index contributed by atoms with van der Waals surface area (Å²) in [5, 5.41) is 10.4. The zero-order valence-electron chi connectivity index (χ0n) is 14.8. The lowest BCUT2D eigenvalue weighted by atomic mass is 9.96. The number of furan rings is 1. The number of ketones is 1. The monoisotopic (exact) mass is 355 g/mol.